The van der Waals surface area contributed by atoms with Crippen molar-refractivity contribution in [3.05, 3.63) is 108 Å². The van der Waals surface area contributed by atoms with Gasteiger partial charge in [-0.2, -0.15) is 0 Å². The lowest BCUT2D eigenvalue weighted by molar-refractivity contribution is -0.920. The number of quaternary nitrogens is 1. The standard InChI is InChI=1S/C41H41N5O2/c1-4-46(5-2)27(3)7-6-24-48-35-18-10-29(11-19-35)41-38-22-14-32(44-38)25-30-12-20-36(42-30)40(28-8-16-34(47)17-9-28)37-21-13-31(43-37)26-33-15-23-39(41)45-33/h8-23,25-27,42,45,47H,4-7,24H2,1-3H3/p+1. The van der Waals surface area contributed by atoms with Gasteiger partial charge in [0.25, 0.3) is 0 Å². The summed E-state index contributed by atoms with van der Waals surface area (Å²) in [5.74, 6) is 1.11. The highest BCUT2D eigenvalue weighted by atomic mass is 16.5. The molecule has 5 aromatic rings. The molecular weight excluding hydrogens is 594 g/mol. The number of aromatic hydroxyl groups is 1. The molecule has 2 aliphatic rings. The van der Waals surface area contributed by atoms with Gasteiger partial charge in [0, 0.05) is 39.6 Å². The number of benzene rings is 2. The van der Waals surface area contributed by atoms with Crippen LogP contribution in [0.4, 0.5) is 0 Å². The first kappa shape index (κ1) is 31.2. The first-order chi connectivity index (χ1) is 23.5. The molecule has 4 N–H and O–H groups in total. The number of fused-ring (bicyclic) bond motifs is 8. The molecule has 2 aromatic carbocycles. The average Bonchev–Trinajstić information content (AvgIpc) is 3.92. The van der Waals surface area contributed by atoms with Crippen molar-refractivity contribution in [2.45, 2.75) is 39.7 Å². The Bertz CT molecular complexity index is 2130. The average molecular weight is 637 g/mol. The van der Waals surface area contributed by atoms with Crippen molar-refractivity contribution in [3.63, 3.8) is 0 Å². The van der Waals surface area contributed by atoms with Crippen LogP contribution in [0.3, 0.4) is 0 Å². The number of nitrogens with one attached hydrogen (secondary N) is 3. The summed E-state index contributed by atoms with van der Waals surface area (Å²) in [5.41, 5.74) is 11.3. The maximum absolute atomic E-state index is 9.93. The molecule has 8 bridgehead atoms. The van der Waals surface area contributed by atoms with E-state index in [2.05, 4.69) is 104 Å². The number of aromatic amines is 2. The van der Waals surface area contributed by atoms with Crippen molar-refractivity contribution in [2.75, 3.05) is 19.7 Å². The van der Waals surface area contributed by atoms with Gasteiger partial charge in [0.15, 0.2) is 0 Å². The minimum Gasteiger partial charge on any atom is -0.508 e. The van der Waals surface area contributed by atoms with Gasteiger partial charge >= 0.3 is 0 Å². The lowest BCUT2D eigenvalue weighted by Crippen LogP contribution is -3.14. The summed E-state index contributed by atoms with van der Waals surface area (Å²) in [4.78, 5) is 18.9. The molecule has 3 aromatic heterocycles. The Balaban J connectivity index is 1.27. The molecule has 7 rings (SSSR count). The van der Waals surface area contributed by atoms with E-state index < -0.39 is 0 Å². The Labute approximate surface area is 281 Å². The van der Waals surface area contributed by atoms with Crippen molar-refractivity contribution in [1.29, 1.82) is 0 Å². The molecule has 0 aliphatic carbocycles. The fourth-order valence-electron chi connectivity index (χ4n) is 6.76. The molecule has 1 unspecified atom stereocenters. The summed E-state index contributed by atoms with van der Waals surface area (Å²) in [6.45, 7) is 9.90. The van der Waals surface area contributed by atoms with Crippen LogP contribution in [0.5, 0.6) is 11.5 Å². The molecule has 242 valence electrons. The van der Waals surface area contributed by atoms with Gasteiger partial charge in [-0.15, -0.1) is 0 Å². The topological polar surface area (TPSA) is 91.3 Å². The molecule has 1 atom stereocenters. The summed E-state index contributed by atoms with van der Waals surface area (Å²) in [5, 5.41) is 9.93. The normalized spacial score (nSPS) is 12.9. The quantitative estimate of drug-likeness (QED) is 0.114. The second-order valence-electron chi connectivity index (χ2n) is 12.5. The van der Waals surface area contributed by atoms with E-state index in [9.17, 15) is 5.11 Å². The molecule has 0 radical (unpaired) electrons. The zero-order chi connectivity index (χ0) is 33.0. The van der Waals surface area contributed by atoms with Crippen LogP contribution < -0.4 is 9.64 Å². The zero-order valence-corrected chi connectivity index (χ0v) is 27.8. The highest BCUT2D eigenvalue weighted by Gasteiger charge is 2.15. The largest absolute Gasteiger partial charge is 0.508 e. The van der Waals surface area contributed by atoms with Crippen LogP contribution in [0.2, 0.25) is 0 Å². The van der Waals surface area contributed by atoms with Gasteiger partial charge in [-0.3, -0.25) is 0 Å². The second-order valence-corrected chi connectivity index (χ2v) is 12.5. The van der Waals surface area contributed by atoms with Crippen LogP contribution in [0.15, 0.2) is 84.9 Å². The summed E-state index contributed by atoms with van der Waals surface area (Å²) in [6.07, 6.45) is 10.4. The van der Waals surface area contributed by atoms with Crippen LogP contribution in [0.25, 0.3) is 68.6 Å². The maximum Gasteiger partial charge on any atom is 0.119 e. The lowest BCUT2D eigenvalue weighted by atomic mass is 10.0. The number of aromatic nitrogens is 4. The molecule has 0 amide bonds. The summed E-state index contributed by atoms with van der Waals surface area (Å²) in [6, 6.07) is 28.7. The number of hydrogen-bond acceptors (Lipinski definition) is 4. The van der Waals surface area contributed by atoms with Crippen molar-refractivity contribution >= 4 is 46.4 Å². The Hall–Kier alpha value is -5.40. The number of phenolic OH excluding ortho intramolecular Hbond substituents is 1. The van der Waals surface area contributed by atoms with Gasteiger partial charge in [0.05, 0.1) is 48.5 Å². The smallest absolute Gasteiger partial charge is 0.119 e. The number of H-pyrrole nitrogens is 2. The number of nitrogens with zero attached hydrogens (tertiary/aromatic N) is 2. The lowest BCUT2D eigenvalue weighted by Gasteiger charge is -2.23. The summed E-state index contributed by atoms with van der Waals surface area (Å²) < 4.78 is 6.16. The Morgan fingerprint density at radius 1 is 0.688 bits per heavy atom. The van der Waals surface area contributed by atoms with Crippen molar-refractivity contribution in [3.8, 4) is 33.8 Å². The minimum absolute atomic E-state index is 0.228. The minimum atomic E-state index is 0.228. The SMILES string of the molecule is CC[NH+](CC)C(C)CCCOc1ccc(-c2c3nc(cc4ccc([nH]4)c(-c4ccc(O)cc4)c4nc(cc5ccc2[nH]5)C=C4)C=C3)cc1. The first-order valence-corrected chi connectivity index (χ1v) is 16.9. The van der Waals surface area contributed by atoms with E-state index in [1.54, 1.807) is 17.0 Å². The van der Waals surface area contributed by atoms with Crippen LogP contribution in [-0.4, -0.2) is 50.8 Å². The Morgan fingerprint density at radius 2 is 1.21 bits per heavy atom. The molecule has 7 nitrogen and oxygen atoms in total. The third kappa shape index (κ3) is 6.68. The van der Waals surface area contributed by atoms with Crippen LogP contribution in [0, 0.1) is 0 Å². The van der Waals surface area contributed by atoms with E-state index in [1.807, 2.05) is 24.3 Å². The summed E-state index contributed by atoms with van der Waals surface area (Å²) in [7, 11) is 0. The van der Waals surface area contributed by atoms with E-state index in [-0.39, 0.29) is 5.75 Å². The monoisotopic (exact) mass is 636 g/mol. The second kappa shape index (κ2) is 13.8. The third-order valence-corrected chi connectivity index (χ3v) is 9.35. The fourth-order valence-corrected chi connectivity index (χ4v) is 6.76. The Kier molecular flexibility index (Phi) is 8.95. The molecule has 7 heteroatoms. The Morgan fingerprint density at radius 3 is 1.73 bits per heavy atom. The van der Waals surface area contributed by atoms with E-state index in [4.69, 9.17) is 14.7 Å². The van der Waals surface area contributed by atoms with E-state index in [0.29, 0.717) is 12.6 Å². The maximum atomic E-state index is 9.93. The first-order valence-electron chi connectivity index (χ1n) is 16.9. The highest BCUT2D eigenvalue weighted by molar-refractivity contribution is 5.93. The predicted octanol–water partition coefficient (Wildman–Crippen LogP) is 8.17. The number of rotatable bonds is 10. The van der Waals surface area contributed by atoms with Crippen molar-refractivity contribution in [1.82, 2.24) is 19.9 Å². The van der Waals surface area contributed by atoms with E-state index in [0.717, 1.165) is 98.8 Å². The van der Waals surface area contributed by atoms with Gasteiger partial charge in [0.1, 0.15) is 11.5 Å². The van der Waals surface area contributed by atoms with Crippen LogP contribution in [-0.2, 0) is 0 Å². The van der Waals surface area contributed by atoms with Gasteiger partial charge in [-0.1, -0.05) is 24.3 Å². The molecule has 0 saturated carbocycles. The van der Waals surface area contributed by atoms with E-state index >= 15 is 0 Å². The number of hydrogen-bond donors (Lipinski definition) is 4. The highest BCUT2D eigenvalue weighted by Crippen LogP contribution is 2.33. The fraction of sp³-hybridized carbons (Fsp3) is 0.220. The third-order valence-electron chi connectivity index (χ3n) is 9.35. The molecular formula is C41H42N5O2+. The molecule has 2 aliphatic heterocycles. The van der Waals surface area contributed by atoms with Crippen molar-refractivity contribution in [2.24, 2.45) is 0 Å². The molecule has 48 heavy (non-hydrogen) atoms. The molecule has 0 spiro atoms. The van der Waals surface area contributed by atoms with Gasteiger partial charge in [-0.05, 0) is 123 Å². The van der Waals surface area contributed by atoms with E-state index in [1.165, 1.54) is 0 Å². The predicted molar refractivity (Wildman–Crippen MR) is 198 cm³/mol. The van der Waals surface area contributed by atoms with Gasteiger partial charge in [0.2, 0.25) is 0 Å². The number of ether oxygens (including phenoxy) is 1. The van der Waals surface area contributed by atoms with Gasteiger partial charge in [-0.25, -0.2) is 9.97 Å². The molecule has 5 heterocycles. The zero-order valence-electron chi connectivity index (χ0n) is 27.8. The summed E-state index contributed by atoms with van der Waals surface area (Å²) >= 11 is 0. The molecule has 0 fully saturated rings. The van der Waals surface area contributed by atoms with Crippen LogP contribution in [0.1, 0.15) is 56.4 Å². The van der Waals surface area contributed by atoms with Crippen LogP contribution >= 0.6 is 0 Å². The molecule has 0 saturated heterocycles. The van der Waals surface area contributed by atoms with Crippen molar-refractivity contribution < 1.29 is 14.7 Å². The number of phenols is 1. The van der Waals surface area contributed by atoms with Gasteiger partial charge < -0.3 is 24.7 Å².